The van der Waals surface area contributed by atoms with Crippen LogP contribution in [0.4, 0.5) is 5.69 Å². The maximum absolute atomic E-state index is 13.0. The lowest BCUT2D eigenvalue weighted by Gasteiger charge is -2.29. The van der Waals surface area contributed by atoms with Gasteiger partial charge in [-0.05, 0) is 55.2 Å². The molecule has 0 bridgehead atoms. The molecule has 1 saturated heterocycles. The average Bonchev–Trinajstić information content (AvgIpc) is 3.51. The number of halogens is 1. The lowest BCUT2D eigenvalue weighted by molar-refractivity contribution is -0.124. The van der Waals surface area contributed by atoms with E-state index < -0.39 is 5.41 Å². The van der Waals surface area contributed by atoms with Gasteiger partial charge in [-0.2, -0.15) is 0 Å². The molecule has 1 saturated carbocycles. The number of hydrogen-bond acceptors (Lipinski definition) is 3. The van der Waals surface area contributed by atoms with E-state index in [1.165, 1.54) is 5.69 Å². The van der Waals surface area contributed by atoms with Gasteiger partial charge in [0.15, 0.2) is 0 Å². The van der Waals surface area contributed by atoms with Crippen LogP contribution in [0.2, 0.25) is 5.02 Å². The molecule has 1 aliphatic heterocycles. The van der Waals surface area contributed by atoms with Crippen LogP contribution in [-0.4, -0.2) is 32.2 Å². The summed E-state index contributed by atoms with van der Waals surface area (Å²) in [6.07, 6.45) is 1.75. The minimum absolute atomic E-state index is 0.0344. The van der Waals surface area contributed by atoms with E-state index in [2.05, 4.69) is 34.5 Å². The second-order valence-corrected chi connectivity index (χ2v) is 7.91. The number of anilines is 1. The highest BCUT2D eigenvalue weighted by Gasteiger charge is 2.51. The van der Waals surface area contributed by atoms with Crippen LogP contribution in [0.25, 0.3) is 0 Å². The second kappa shape index (κ2) is 7.53. The van der Waals surface area contributed by atoms with E-state index in [-0.39, 0.29) is 11.9 Å². The van der Waals surface area contributed by atoms with Crippen molar-refractivity contribution in [3.05, 3.63) is 64.7 Å². The molecule has 1 aliphatic carbocycles. The van der Waals surface area contributed by atoms with Crippen LogP contribution in [0.15, 0.2) is 48.5 Å². The molecule has 0 radical (unpaired) electrons. The molecule has 27 heavy (non-hydrogen) atoms. The van der Waals surface area contributed by atoms with Crippen molar-refractivity contribution in [2.45, 2.75) is 31.2 Å². The summed E-state index contributed by atoms with van der Waals surface area (Å²) in [5.74, 6) is 0.0922. The van der Waals surface area contributed by atoms with E-state index in [1.807, 2.05) is 31.2 Å². The Morgan fingerprint density at radius 3 is 2.48 bits per heavy atom. The van der Waals surface area contributed by atoms with E-state index in [9.17, 15) is 4.79 Å². The number of morpholine rings is 1. The molecule has 0 aromatic heterocycles. The summed E-state index contributed by atoms with van der Waals surface area (Å²) in [6.45, 7) is 5.44. The van der Waals surface area contributed by atoms with E-state index in [4.69, 9.17) is 16.3 Å². The maximum atomic E-state index is 13.0. The fraction of sp³-hybridized carbons (Fsp3) is 0.409. The fourth-order valence-corrected chi connectivity index (χ4v) is 3.96. The number of nitrogens with zero attached hydrogens (tertiary/aromatic N) is 1. The molecule has 1 N–H and O–H groups in total. The molecule has 2 aliphatic rings. The first-order chi connectivity index (χ1) is 13.1. The van der Waals surface area contributed by atoms with Gasteiger partial charge >= 0.3 is 0 Å². The highest BCUT2D eigenvalue weighted by atomic mass is 35.5. The minimum Gasteiger partial charge on any atom is -0.378 e. The third kappa shape index (κ3) is 3.83. The van der Waals surface area contributed by atoms with Crippen molar-refractivity contribution in [1.29, 1.82) is 0 Å². The van der Waals surface area contributed by atoms with Gasteiger partial charge in [0, 0.05) is 23.8 Å². The molecule has 2 aromatic carbocycles. The molecule has 5 heteroatoms. The number of amides is 1. The zero-order valence-corrected chi connectivity index (χ0v) is 16.3. The van der Waals surface area contributed by atoms with Crippen LogP contribution in [0.5, 0.6) is 0 Å². The SMILES string of the molecule is CC(NC(=O)C1(c2cccc(Cl)c2)CC1)c1ccc(N2CCOCC2)cc1. The average molecular weight is 385 g/mol. The summed E-state index contributed by atoms with van der Waals surface area (Å²) in [4.78, 5) is 15.3. The zero-order chi connectivity index (χ0) is 18.9. The predicted octanol–water partition coefficient (Wildman–Crippen LogP) is 4.09. The Hall–Kier alpha value is -2.04. The van der Waals surface area contributed by atoms with Gasteiger partial charge in [0.2, 0.25) is 5.91 Å². The molecule has 4 nitrogen and oxygen atoms in total. The van der Waals surface area contributed by atoms with Crippen LogP contribution >= 0.6 is 11.6 Å². The van der Waals surface area contributed by atoms with Gasteiger partial charge < -0.3 is 15.0 Å². The molecule has 142 valence electrons. The molecular weight excluding hydrogens is 360 g/mol. The molecule has 4 rings (SSSR count). The number of carbonyl (C=O) groups is 1. The normalized spacial score (nSPS) is 19.4. The van der Waals surface area contributed by atoms with E-state index >= 15 is 0 Å². The topological polar surface area (TPSA) is 41.6 Å². The summed E-state index contributed by atoms with van der Waals surface area (Å²) in [7, 11) is 0. The van der Waals surface area contributed by atoms with E-state index in [0.717, 1.165) is 50.3 Å². The van der Waals surface area contributed by atoms with Crippen LogP contribution in [0.1, 0.15) is 36.9 Å². The van der Waals surface area contributed by atoms with E-state index in [0.29, 0.717) is 5.02 Å². The highest BCUT2D eigenvalue weighted by molar-refractivity contribution is 6.30. The Morgan fingerprint density at radius 1 is 1.15 bits per heavy atom. The van der Waals surface area contributed by atoms with Gasteiger partial charge in [0.05, 0.1) is 24.7 Å². The third-order valence-corrected chi connectivity index (χ3v) is 5.91. The minimum atomic E-state index is -0.410. The predicted molar refractivity (Wildman–Crippen MR) is 108 cm³/mol. The zero-order valence-electron chi connectivity index (χ0n) is 15.6. The van der Waals surface area contributed by atoms with Gasteiger partial charge in [-0.1, -0.05) is 35.9 Å². The second-order valence-electron chi connectivity index (χ2n) is 7.48. The molecule has 0 spiro atoms. The van der Waals surface area contributed by atoms with Gasteiger partial charge in [0.25, 0.3) is 0 Å². The van der Waals surface area contributed by atoms with Crippen molar-refractivity contribution >= 4 is 23.2 Å². The standard InChI is InChI=1S/C22H25ClN2O2/c1-16(17-5-7-20(8-6-17)25-11-13-27-14-12-25)24-21(26)22(9-10-22)18-3-2-4-19(23)15-18/h2-8,15-16H,9-14H2,1H3,(H,24,26). The number of carbonyl (C=O) groups excluding carboxylic acids is 1. The van der Waals surface area contributed by atoms with Crippen molar-refractivity contribution < 1.29 is 9.53 Å². The Balaban J connectivity index is 1.42. The monoisotopic (exact) mass is 384 g/mol. The van der Waals surface area contributed by atoms with Crippen molar-refractivity contribution in [3.63, 3.8) is 0 Å². The number of benzene rings is 2. The van der Waals surface area contributed by atoms with Crippen LogP contribution < -0.4 is 10.2 Å². The summed E-state index contributed by atoms with van der Waals surface area (Å²) in [5.41, 5.74) is 2.93. The first-order valence-electron chi connectivity index (χ1n) is 9.58. The highest BCUT2D eigenvalue weighted by Crippen LogP contribution is 2.49. The number of ether oxygens (including phenoxy) is 1. The van der Waals surface area contributed by atoms with Gasteiger partial charge in [-0.3, -0.25) is 4.79 Å². The molecule has 1 atom stereocenters. The fourth-order valence-electron chi connectivity index (χ4n) is 3.77. The van der Waals surface area contributed by atoms with Crippen molar-refractivity contribution in [1.82, 2.24) is 5.32 Å². The first-order valence-corrected chi connectivity index (χ1v) is 9.96. The summed E-state index contributed by atoms with van der Waals surface area (Å²) in [6, 6.07) is 16.1. The molecule has 1 amide bonds. The number of rotatable bonds is 5. The lowest BCUT2D eigenvalue weighted by atomic mass is 9.94. The lowest BCUT2D eigenvalue weighted by Crippen LogP contribution is -2.37. The molecule has 2 fully saturated rings. The van der Waals surface area contributed by atoms with Crippen molar-refractivity contribution in [2.75, 3.05) is 31.2 Å². The van der Waals surface area contributed by atoms with Gasteiger partial charge in [0.1, 0.15) is 0 Å². The molecular formula is C22H25ClN2O2. The first kappa shape index (κ1) is 18.3. The van der Waals surface area contributed by atoms with Crippen LogP contribution in [0.3, 0.4) is 0 Å². The largest absolute Gasteiger partial charge is 0.378 e. The van der Waals surface area contributed by atoms with Crippen molar-refractivity contribution in [3.8, 4) is 0 Å². The number of nitrogens with one attached hydrogen (secondary N) is 1. The Labute approximate surface area is 165 Å². The van der Waals surface area contributed by atoms with Crippen LogP contribution in [-0.2, 0) is 14.9 Å². The molecule has 1 heterocycles. The van der Waals surface area contributed by atoms with E-state index in [1.54, 1.807) is 0 Å². The summed E-state index contributed by atoms with van der Waals surface area (Å²) < 4.78 is 5.41. The van der Waals surface area contributed by atoms with Gasteiger partial charge in [-0.25, -0.2) is 0 Å². The Morgan fingerprint density at radius 2 is 1.85 bits per heavy atom. The van der Waals surface area contributed by atoms with Gasteiger partial charge in [-0.15, -0.1) is 0 Å². The summed E-state index contributed by atoms with van der Waals surface area (Å²) in [5, 5.41) is 3.88. The smallest absolute Gasteiger partial charge is 0.231 e. The maximum Gasteiger partial charge on any atom is 0.231 e. The number of hydrogen-bond donors (Lipinski definition) is 1. The Kier molecular flexibility index (Phi) is 5.11. The molecule has 1 unspecified atom stereocenters. The third-order valence-electron chi connectivity index (χ3n) is 5.68. The summed E-state index contributed by atoms with van der Waals surface area (Å²) >= 11 is 6.12. The molecule has 2 aromatic rings. The van der Waals surface area contributed by atoms with Crippen molar-refractivity contribution in [2.24, 2.45) is 0 Å². The Bertz CT molecular complexity index is 811. The van der Waals surface area contributed by atoms with Crippen LogP contribution in [0, 0.1) is 0 Å². The quantitative estimate of drug-likeness (QED) is 0.844.